The first-order valence-corrected chi connectivity index (χ1v) is 11.5. The molecule has 1 aliphatic rings. The lowest BCUT2D eigenvalue weighted by Crippen LogP contribution is -2.20. The summed E-state index contributed by atoms with van der Waals surface area (Å²) in [6.07, 6.45) is 1.16. The molecule has 4 rings (SSSR count). The molecule has 4 N–H and O–H groups in total. The highest BCUT2D eigenvalue weighted by Gasteiger charge is 2.40. The second-order valence-electron chi connectivity index (χ2n) is 8.42. The minimum atomic E-state index is -4.68. The molecular weight excluding hydrogens is 505 g/mol. The number of fused-ring (bicyclic) bond motifs is 1. The predicted octanol–water partition coefficient (Wildman–Crippen LogP) is 6.40. The molecule has 1 atom stereocenters. The Morgan fingerprint density at radius 2 is 2.11 bits per heavy atom. The van der Waals surface area contributed by atoms with Gasteiger partial charge in [-0.05, 0) is 39.0 Å². The number of anilines is 2. The van der Waals surface area contributed by atoms with E-state index < -0.39 is 17.9 Å². The topological polar surface area (TPSA) is 103 Å². The molecule has 3 heterocycles. The minimum absolute atomic E-state index is 0.0365. The third-order valence-corrected chi connectivity index (χ3v) is 5.93. The van der Waals surface area contributed by atoms with Crippen LogP contribution in [0.4, 0.5) is 24.7 Å². The fraction of sp³-hybridized carbons (Fsp3) is 0.200. The van der Waals surface area contributed by atoms with Gasteiger partial charge in [0.15, 0.2) is 11.5 Å². The zero-order valence-electron chi connectivity index (χ0n) is 20.2. The van der Waals surface area contributed by atoms with Crippen molar-refractivity contribution in [3.8, 4) is 5.69 Å². The lowest BCUT2D eigenvalue weighted by Gasteiger charge is -2.22. The summed E-state index contributed by atoms with van der Waals surface area (Å²) in [4.78, 5) is 4.34. The first-order valence-electron chi connectivity index (χ1n) is 11.2. The van der Waals surface area contributed by atoms with E-state index in [1.807, 2.05) is 0 Å². The molecule has 0 amide bonds. The van der Waals surface area contributed by atoms with Gasteiger partial charge in [-0.15, -0.1) is 0 Å². The molecule has 0 spiro atoms. The Bertz CT molecular complexity index is 1440. The molecule has 3 aromatic rings. The van der Waals surface area contributed by atoms with E-state index in [9.17, 15) is 13.2 Å². The summed E-state index contributed by atoms with van der Waals surface area (Å²) in [6, 6.07) is 5.82. The van der Waals surface area contributed by atoms with Crippen LogP contribution in [0.3, 0.4) is 0 Å². The Morgan fingerprint density at radius 1 is 1.35 bits per heavy atom. The van der Waals surface area contributed by atoms with E-state index in [4.69, 9.17) is 17.0 Å². The number of nitrogens with zero attached hydrogens (tertiary/aromatic N) is 4. The van der Waals surface area contributed by atoms with Crippen LogP contribution in [0.25, 0.3) is 17.5 Å². The standard InChI is InChI=1S/C25H24ClF3N8/c1-13(30)11-32-36-24-20(26)10-21(16(4)35-24)34-15(3)19-12-33-37(23(19)25(27,28)29)22-7-5-6-17-14(2)31-9-8-18(17)22/h5-12,15,30-31,34H,2H2,1,3-4H3,(H,35,36)/b30-13?,32-11-. The van der Waals surface area contributed by atoms with Crippen LogP contribution in [0.1, 0.15) is 48.0 Å². The number of hydrogen-bond donors (Lipinski definition) is 4. The number of hydrogen-bond acceptors (Lipinski definition) is 7. The SMILES string of the molecule is C=C1NC=Cc2c1cccc2-n1ncc(C(C)Nc2cc(Cl)c(N/N=C\C(C)=N)nc2C)c1C(F)(F)F. The smallest absolute Gasteiger partial charge is 0.377 e. The van der Waals surface area contributed by atoms with Crippen molar-refractivity contribution in [1.29, 1.82) is 5.41 Å². The molecule has 0 bridgehead atoms. The summed E-state index contributed by atoms with van der Waals surface area (Å²) in [5, 5.41) is 21.6. The van der Waals surface area contributed by atoms with Crippen molar-refractivity contribution >= 4 is 46.8 Å². The maximum Gasteiger partial charge on any atom is 0.433 e. The molecule has 0 saturated carbocycles. The van der Waals surface area contributed by atoms with Crippen molar-refractivity contribution in [1.82, 2.24) is 20.1 Å². The fourth-order valence-electron chi connectivity index (χ4n) is 3.93. The average molecular weight is 529 g/mol. The highest BCUT2D eigenvalue weighted by molar-refractivity contribution is 6.33. The number of benzene rings is 1. The number of pyridine rings is 1. The number of alkyl halides is 3. The van der Waals surface area contributed by atoms with Crippen molar-refractivity contribution in [2.75, 3.05) is 10.7 Å². The lowest BCUT2D eigenvalue weighted by atomic mass is 10.00. The van der Waals surface area contributed by atoms with Crippen LogP contribution in [0.2, 0.25) is 5.02 Å². The molecule has 8 nitrogen and oxygen atoms in total. The Morgan fingerprint density at radius 3 is 2.81 bits per heavy atom. The first kappa shape index (κ1) is 26.0. The number of halogens is 4. The average Bonchev–Trinajstić information content (AvgIpc) is 3.28. The van der Waals surface area contributed by atoms with Gasteiger partial charge < -0.3 is 16.0 Å². The molecular formula is C25H24ClF3N8. The lowest BCUT2D eigenvalue weighted by molar-refractivity contribution is -0.143. The van der Waals surface area contributed by atoms with E-state index in [1.165, 1.54) is 12.4 Å². The van der Waals surface area contributed by atoms with E-state index in [-0.39, 0.29) is 22.1 Å². The number of aryl methyl sites for hydroxylation is 1. The predicted molar refractivity (Wildman–Crippen MR) is 141 cm³/mol. The molecule has 0 radical (unpaired) electrons. The van der Waals surface area contributed by atoms with Crippen LogP contribution in [0.5, 0.6) is 0 Å². The van der Waals surface area contributed by atoms with Crippen LogP contribution >= 0.6 is 11.6 Å². The quantitative estimate of drug-likeness (QED) is 0.210. The van der Waals surface area contributed by atoms with Crippen LogP contribution < -0.4 is 16.1 Å². The zero-order chi connectivity index (χ0) is 26.9. The Hall–Kier alpha value is -4.12. The monoisotopic (exact) mass is 528 g/mol. The highest BCUT2D eigenvalue weighted by Crippen LogP contribution is 2.39. The molecule has 1 unspecified atom stereocenters. The molecule has 2 aromatic heterocycles. The molecule has 0 aliphatic carbocycles. The summed E-state index contributed by atoms with van der Waals surface area (Å²) in [5.74, 6) is 0.261. The van der Waals surface area contributed by atoms with Gasteiger partial charge in [0.25, 0.3) is 0 Å². The third kappa shape index (κ3) is 5.36. The van der Waals surface area contributed by atoms with Gasteiger partial charge in [0, 0.05) is 34.3 Å². The molecule has 1 aromatic carbocycles. The van der Waals surface area contributed by atoms with Gasteiger partial charge in [-0.3, -0.25) is 5.43 Å². The van der Waals surface area contributed by atoms with E-state index >= 15 is 0 Å². The van der Waals surface area contributed by atoms with Gasteiger partial charge in [-0.1, -0.05) is 30.3 Å². The fourth-order valence-corrected chi connectivity index (χ4v) is 4.12. The zero-order valence-corrected chi connectivity index (χ0v) is 21.0. The highest BCUT2D eigenvalue weighted by atomic mass is 35.5. The second-order valence-corrected chi connectivity index (χ2v) is 8.83. The van der Waals surface area contributed by atoms with E-state index in [0.717, 1.165) is 4.68 Å². The molecule has 37 heavy (non-hydrogen) atoms. The van der Waals surface area contributed by atoms with E-state index in [1.54, 1.807) is 57.3 Å². The van der Waals surface area contributed by atoms with Crippen molar-refractivity contribution in [3.63, 3.8) is 0 Å². The number of aromatic nitrogens is 3. The summed E-state index contributed by atoms with van der Waals surface area (Å²) >= 11 is 6.31. The Kier molecular flexibility index (Phi) is 7.08. The number of rotatable bonds is 7. The summed E-state index contributed by atoms with van der Waals surface area (Å²) in [6.45, 7) is 8.79. The van der Waals surface area contributed by atoms with Gasteiger partial charge in [0.05, 0.1) is 40.5 Å². The van der Waals surface area contributed by atoms with Crippen LogP contribution in [0.15, 0.2) is 48.3 Å². The second kappa shape index (κ2) is 10.1. The molecule has 192 valence electrons. The van der Waals surface area contributed by atoms with Crippen LogP contribution in [0, 0.1) is 12.3 Å². The molecule has 1 aliphatic heterocycles. The number of hydrazone groups is 1. The van der Waals surface area contributed by atoms with Crippen LogP contribution in [-0.4, -0.2) is 26.7 Å². The van der Waals surface area contributed by atoms with E-state index in [2.05, 4.69) is 37.8 Å². The van der Waals surface area contributed by atoms with Crippen molar-refractivity contribution in [2.45, 2.75) is 33.0 Å². The van der Waals surface area contributed by atoms with Gasteiger partial charge >= 0.3 is 6.18 Å². The van der Waals surface area contributed by atoms with Crippen molar-refractivity contribution in [3.05, 3.63) is 76.3 Å². The maximum absolute atomic E-state index is 14.4. The normalized spacial score (nSPS) is 13.9. The van der Waals surface area contributed by atoms with Gasteiger partial charge in [0.1, 0.15) is 0 Å². The van der Waals surface area contributed by atoms with E-state index in [0.29, 0.717) is 33.9 Å². The number of nitrogens with one attached hydrogen (secondary N) is 4. The Labute approximate surface area is 216 Å². The molecule has 0 saturated heterocycles. The van der Waals surface area contributed by atoms with Gasteiger partial charge in [-0.2, -0.15) is 23.4 Å². The largest absolute Gasteiger partial charge is 0.433 e. The van der Waals surface area contributed by atoms with Crippen molar-refractivity contribution < 1.29 is 13.2 Å². The third-order valence-electron chi connectivity index (χ3n) is 5.64. The first-order chi connectivity index (χ1) is 17.5. The minimum Gasteiger partial charge on any atom is -0.377 e. The molecule has 0 fully saturated rings. The van der Waals surface area contributed by atoms with Gasteiger partial charge in [0.2, 0.25) is 0 Å². The van der Waals surface area contributed by atoms with Crippen molar-refractivity contribution in [2.24, 2.45) is 5.10 Å². The summed E-state index contributed by atoms with van der Waals surface area (Å²) in [5.41, 5.74) is 5.09. The maximum atomic E-state index is 14.4. The van der Waals surface area contributed by atoms with Crippen LogP contribution in [-0.2, 0) is 6.18 Å². The summed E-state index contributed by atoms with van der Waals surface area (Å²) < 4.78 is 44.1. The van der Waals surface area contributed by atoms with Gasteiger partial charge in [-0.25, -0.2) is 9.67 Å². The molecule has 12 heteroatoms. The Balaban J connectivity index is 1.70. The summed E-state index contributed by atoms with van der Waals surface area (Å²) in [7, 11) is 0.